The lowest BCUT2D eigenvalue weighted by Gasteiger charge is -2.54. The Morgan fingerprint density at radius 3 is 2.71 bits per heavy atom. The van der Waals surface area contributed by atoms with E-state index in [0.717, 1.165) is 19.3 Å². The molecule has 7 atom stereocenters. The number of hydrogen-bond acceptors (Lipinski definition) is 3. The van der Waals surface area contributed by atoms with Gasteiger partial charge >= 0.3 is 0 Å². The van der Waals surface area contributed by atoms with Crippen LogP contribution in [0.15, 0.2) is 12.2 Å². The number of aliphatic hydroxyl groups excluding tert-OH is 1. The van der Waals surface area contributed by atoms with Crippen LogP contribution in [0.25, 0.3) is 0 Å². The third kappa shape index (κ3) is 1.48. The fraction of sp³-hybridized carbons (Fsp3) is 0.778. The molecule has 4 fully saturated rings. The Morgan fingerprint density at radius 2 is 1.95 bits per heavy atom. The van der Waals surface area contributed by atoms with E-state index in [4.69, 9.17) is 0 Å². The fourth-order valence-corrected chi connectivity index (χ4v) is 6.22. The van der Waals surface area contributed by atoms with E-state index >= 15 is 0 Å². The summed E-state index contributed by atoms with van der Waals surface area (Å²) >= 11 is 0. The molecule has 5 unspecified atom stereocenters. The lowest BCUT2D eigenvalue weighted by molar-refractivity contribution is -0.166. The molecule has 4 aliphatic rings. The van der Waals surface area contributed by atoms with Crippen LogP contribution in [0, 0.1) is 35.0 Å². The van der Waals surface area contributed by atoms with Crippen molar-refractivity contribution in [2.75, 3.05) is 0 Å². The van der Waals surface area contributed by atoms with Gasteiger partial charge in [-0.05, 0) is 42.6 Å². The van der Waals surface area contributed by atoms with Crippen LogP contribution in [-0.4, -0.2) is 22.8 Å². The van der Waals surface area contributed by atoms with Gasteiger partial charge < -0.3 is 5.11 Å². The summed E-state index contributed by atoms with van der Waals surface area (Å²) < 4.78 is 0. The second-order valence-electron chi connectivity index (χ2n) is 7.87. The first-order valence-electron chi connectivity index (χ1n) is 8.43. The molecule has 4 saturated carbocycles. The summed E-state index contributed by atoms with van der Waals surface area (Å²) in [6, 6.07) is 0. The van der Waals surface area contributed by atoms with Gasteiger partial charge in [0, 0.05) is 18.3 Å². The standard InChI is InChI=1S/C18H24O3/c1-9-4-3-5-12-11(9)6-7-18-15(12)14(19)8-13(17(18)21)10(2)16(18)20/h9,11-13,15,17,21H,2-8H2,1H3/t9?,11?,12?,13-,15?,17?,18+/m0/s1. The predicted molar refractivity (Wildman–Crippen MR) is 78.4 cm³/mol. The lowest BCUT2D eigenvalue weighted by Crippen LogP contribution is -2.58. The van der Waals surface area contributed by atoms with Gasteiger partial charge in [0.05, 0.1) is 11.5 Å². The van der Waals surface area contributed by atoms with Crippen molar-refractivity contribution in [3.63, 3.8) is 0 Å². The van der Waals surface area contributed by atoms with Gasteiger partial charge in [-0.3, -0.25) is 9.59 Å². The summed E-state index contributed by atoms with van der Waals surface area (Å²) in [5.41, 5.74) is -0.296. The van der Waals surface area contributed by atoms with Crippen molar-refractivity contribution < 1.29 is 14.7 Å². The molecular formula is C18H24O3. The number of ketones is 2. The second-order valence-corrected chi connectivity index (χ2v) is 7.87. The van der Waals surface area contributed by atoms with Crippen LogP contribution in [0.4, 0.5) is 0 Å². The van der Waals surface area contributed by atoms with Gasteiger partial charge in [-0.1, -0.05) is 26.3 Å². The summed E-state index contributed by atoms with van der Waals surface area (Å²) in [6.45, 7) is 6.19. The number of aliphatic hydroxyl groups is 1. The highest BCUT2D eigenvalue weighted by atomic mass is 16.3. The topological polar surface area (TPSA) is 54.4 Å². The van der Waals surface area contributed by atoms with Gasteiger partial charge in [-0.25, -0.2) is 0 Å². The molecule has 0 aromatic heterocycles. The summed E-state index contributed by atoms with van der Waals surface area (Å²) in [5, 5.41) is 10.8. The first kappa shape index (κ1) is 13.7. The van der Waals surface area contributed by atoms with E-state index in [0.29, 0.717) is 36.2 Å². The van der Waals surface area contributed by atoms with Crippen LogP contribution in [-0.2, 0) is 9.59 Å². The third-order valence-electron chi connectivity index (χ3n) is 7.19. The van der Waals surface area contributed by atoms with Gasteiger partial charge in [-0.15, -0.1) is 0 Å². The van der Waals surface area contributed by atoms with Crippen LogP contribution in [0.1, 0.15) is 45.4 Å². The minimum Gasteiger partial charge on any atom is -0.391 e. The number of hydrogen-bond donors (Lipinski definition) is 1. The zero-order valence-corrected chi connectivity index (χ0v) is 12.7. The van der Waals surface area contributed by atoms with Crippen molar-refractivity contribution in [3.05, 3.63) is 12.2 Å². The highest BCUT2D eigenvalue weighted by molar-refractivity contribution is 6.09. The van der Waals surface area contributed by atoms with Crippen molar-refractivity contribution in [3.8, 4) is 0 Å². The summed E-state index contributed by atoms with van der Waals surface area (Å²) in [5.74, 6) is 1.19. The van der Waals surface area contributed by atoms with Gasteiger partial charge in [0.2, 0.25) is 0 Å². The van der Waals surface area contributed by atoms with Crippen molar-refractivity contribution >= 4 is 11.6 Å². The maximum atomic E-state index is 12.8. The smallest absolute Gasteiger partial charge is 0.168 e. The number of rotatable bonds is 0. The molecule has 0 heterocycles. The zero-order valence-electron chi connectivity index (χ0n) is 12.7. The molecule has 0 aliphatic heterocycles. The Bertz CT molecular complexity index is 537. The Labute approximate surface area is 125 Å². The molecule has 0 aromatic carbocycles. The monoisotopic (exact) mass is 288 g/mol. The Morgan fingerprint density at radius 1 is 1.19 bits per heavy atom. The molecular weight excluding hydrogens is 264 g/mol. The van der Waals surface area contributed by atoms with Crippen molar-refractivity contribution in [2.24, 2.45) is 35.0 Å². The van der Waals surface area contributed by atoms with Gasteiger partial charge in [0.25, 0.3) is 0 Å². The quantitative estimate of drug-likeness (QED) is 0.697. The zero-order chi connectivity index (χ0) is 14.9. The third-order valence-corrected chi connectivity index (χ3v) is 7.19. The summed E-state index contributed by atoms with van der Waals surface area (Å²) in [7, 11) is 0. The van der Waals surface area contributed by atoms with Gasteiger partial charge in [0.1, 0.15) is 5.78 Å². The molecule has 21 heavy (non-hydrogen) atoms. The van der Waals surface area contributed by atoms with E-state index in [1.807, 2.05) is 0 Å². The van der Waals surface area contributed by atoms with Crippen molar-refractivity contribution in [2.45, 2.75) is 51.6 Å². The number of fused-ring (bicyclic) bond motifs is 3. The average Bonchev–Trinajstić information content (AvgIpc) is 2.58. The fourth-order valence-electron chi connectivity index (χ4n) is 6.22. The van der Waals surface area contributed by atoms with Crippen molar-refractivity contribution in [1.82, 2.24) is 0 Å². The van der Waals surface area contributed by atoms with Crippen LogP contribution in [0.2, 0.25) is 0 Å². The largest absolute Gasteiger partial charge is 0.391 e. The molecule has 3 heteroatoms. The van der Waals surface area contributed by atoms with E-state index in [2.05, 4.69) is 13.5 Å². The molecule has 4 aliphatic carbocycles. The normalized spacial score (nSPS) is 52.6. The first-order chi connectivity index (χ1) is 9.98. The van der Waals surface area contributed by atoms with Crippen LogP contribution in [0.3, 0.4) is 0 Å². The van der Waals surface area contributed by atoms with Gasteiger partial charge in [0.15, 0.2) is 5.78 Å². The first-order valence-corrected chi connectivity index (χ1v) is 8.43. The van der Waals surface area contributed by atoms with Crippen molar-refractivity contribution in [1.29, 1.82) is 0 Å². The molecule has 1 spiro atoms. The van der Waals surface area contributed by atoms with Crippen LogP contribution in [0.5, 0.6) is 0 Å². The molecule has 0 aromatic rings. The van der Waals surface area contributed by atoms with E-state index in [-0.39, 0.29) is 23.4 Å². The van der Waals surface area contributed by atoms with E-state index in [9.17, 15) is 14.7 Å². The number of carbonyl (C=O) groups is 2. The number of Topliss-reactive ketones (excluding diaryl/α,β-unsaturated/α-hetero) is 2. The summed E-state index contributed by atoms with van der Waals surface area (Å²) in [4.78, 5) is 25.6. The maximum Gasteiger partial charge on any atom is 0.168 e. The highest BCUT2D eigenvalue weighted by Crippen LogP contribution is 2.63. The minimum atomic E-state index is -0.810. The van der Waals surface area contributed by atoms with Crippen LogP contribution >= 0.6 is 0 Å². The molecule has 4 rings (SSSR count). The average molecular weight is 288 g/mol. The van der Waals surface area contributed by atoms with Crippen LogP contribution < -0.4 is 0 Å². The second kappa shape index (κ2) is 4.28. The van der Waals surface area contributed by atoms with E-state index < -0.39 is 11.5 Å². The molecule has 0 radical (unpaired) electrons. The Balaban J connectivity index is 1.82. The lowest BCUT2D eigenvalue weighted by atomic mass is 9.48. The molecule has 0 amide bonds. The highest BCUT2D eigenvalue weighted by Gasteiger charge is 2.69. The molecule has 0 saturated heterocycles. The maximum absolute atomic E-state index is 12.8. The summed E-state index contributed by atoms with van der Waals surface area (Å²) in [6.07, 6.45) is 4.76. The number of carbonyl (C=O) groups excluding carboxylic acids is 2. The SMILES string of the molecule is C=C1C(=O)[C@@]23CCC4C(C)CCCC4C2C(=O)C[C@@H]1C3O. The molecule has 114 valence electrons. The van der Waals surface area contributed by atoms with E-state index in [1.165, 1.54) is 6.42 Å². The van der Waals surface area contributed by atoms with E-state index in [1.54, 1.807) is 0 Å². The molecule has 1 N–H and O–H groups in total. The Hall–Kier alpha value is -0.960. The minimum absolute atomic E-state index is 0.00697. The predicted octanol–water partition coefficient (Wildman–Crippen LogP) is 2.52. The molecule has 2 bridgehead atoms. The molecule has 3 nitrogen and oxygen atoms in total. The Kier molecular flexibility index (Phi) is 2.79. The van der Waals surface area contributed by atoms with Gasteiger partial charge in [-0.2, -0.15) is 0 Å².